The third kappa shape index (κ3) is 3.34. The first-order valence-corrected chi connectivity index (χ1v) is 8.79. The predicted octanol–water partition coefficient (Wildman–Crippen LogP) is 1.33. The van der Waals surface area contributed by atoms with Gasteiger partial charge in [-0.15, -0.1) is 0 Å². The standard InChI is InChI=1S/C19H17FN6O2/c20-14-15(13-4-2-1-3-5-13)23-12-24-17(14)25-8-10-26(11-9-25)19(28)16-18(27)22-7-6-21-16/h1-7,12H,8-11H2,(H,22,27). The van der Waals surface area contributed by atoms with Gasteiger partial charge in [-0.1, -0.05) is 30.3 Å². The van der Waals surface area contributed by atoms with E-state index >= 15 is 4.39 Å². The number of benzene rings is 1. The van der Waals surface area contributed by atoms with Crippen molar-refractivity contribution in [2.75, 3.05) is 31.1 Å². The van der Waals surface area contributed by atoms with E-state index in [4.69, 9.17) is 0 Å². The fourth-order valence-electron chi connectivity index (χ4n) is 3.15. The first kappa shape index (κ1) is 17.8. The highest BCUT2D eigenvalue weighted by molar-refractivity contribution is 5.92. The van der Waals surface area contributed by atoms with E-state index in [1.54, 1.807) is 17.0 Å². The van der Waals surface area contributed by atoms with Crippen LogP contribution in [0.4, 0.5) is 10.2 Å². The molecular weight excluding hydrogens is 363 g/mol. The molecule has 0 spiro atoms. The minimum absolute atomic E-state index is 0.143. The Kier molecular flexibility index (Phi) is 4.79. The van der Waals surface area contributed by atoms with Crippen LogP contribution in [-0.2, 0) is 0 Å². The molecule has 0 aliphatic carbocycles. The Hall–Kier alpha value is -3.62. The second-order valence-electron chi connectivity index (χ2n) is 6.27. The van der Waals surface area contributed by atoms with Gasteiger partial charge in [0.2, 0.25) is 0 Å². The van der Waals surface area contributed by atoms with Gasteiger partial charge in [-0.3, -0.25) is 9.59 Å². The number of aromatic amines is 1. The zero-order valence-corrected chi connectivity index (χ0v) is 14.9. The average molecular weight is 380 g/mol. The van der Waals surface area contributed by atoms with Crippen LogP contribution in [0.25, 0.3) is 11.3 Å². The highest BCUT2D eigenvalue weighted by atomic mass is 19.1. The summed E-state index contributed by atoms with van der Waals surface area (Å²) in [4.78, 5) is 42.0. The number of amides is 1. The number of halogens is 1. The van der Waals surface area contributed by atoms with Gasteiger partial charge >= 0.3 is 0 Å². The summed E-state index contributed by atoms with van der Waals surface area (Å²) in [6.07, 6.45) is 4.08. The van der Waals surface area contributed by atoms with E-state index in [0.29, 0.717) is 31.7 Å². The lowest BCUT2D eigenvalue weighted by Crippen LogP contribution is -2.50. The normalized spacial score (nSPS) is 14.2. The molecule has 1 aliphatic rings. The van der Waals surface area contributed by atoms with Crippen molar-refractivity contribution >= 4 is 11.7 Å². The lowest BCUT2D eigenvalue weighted by Gasteiger charge is -2.35. The lowest BCUT2D eigenvalue weighted by molar-refractivity contribution is 0.0738. The summed E-state index contributed by atoms with van der Waals surface area (Å²) in [5, 5.41) is 0. The smallest absolute Gasteiger partial charge is 0.279 e. The molecule has 0 atom stereocenters. The van der Waals surface area contributed by atoms with E-state index in [0.717, 1.165) is 0 Å². The van der Waals surface area contributed by atoms with Crippen molar-refractivity contribution < 1.29 is 9.18 Å². The van der Waals surface area contributed by atoms with Gasteiger partial charge in [-0.25, -0.2) is 19.3 Å². The number of hydrogen-bond donors (Lipinski definition) is 1. The SMILES string of the molecule is O=C(c1ncc[nH]c1=O)N1CCN(c2ncnc(-c3ccccc3)c2F)CC1. The van der Waals surface area contributed by atoms with Crippen molar-refractivity contribution in [3.8, 4) is 11.3 Å². The first-order chi connectivity index (χ1) is 13.6. The number of anilines is 1. The number of hydrogen-bond acceptors (Lipinski definition) is 6. The third-order valence-electron chi connectivity index (χ3n) is 4.59. The molecule has 4 rings (SSSR count). The number of H-pyrrole nitrogens is 1. The van der Waals surface area contributed by atoms with Crippen LogP contribution in [0.5, 0.6) is 0 Å². The molecule has 3 aromatic rings. The molecule has 1 saturated heterocycles. The molecule has 1 aliphatic heterocycles. The van der Waals surface area contributed by atoms with Gasteiger partial charge in [0, 0.05) is 44.1 Å². The quantitative estimate of drug-likeness (QED) is 0.737. The number of carbonyl (C=O) groups excluding carboxylic acids is 1. The highest BCUT2D eigenvalue weighted by Gasteiger charge is 2.27. The second kappa shape index (κ2) is 7.55. The molecule has 0 saturated carbocycles. The summed E-state index contributed by atoms with van der Waals surface area (Å²) in [6.45, 7) is 1.44. The molecule has 3 heterocycles. The summed E-state index contributed by atoms with van der Waals surface area (Å²) < 4.78 is 15.0. The van der Waals surface area contributed by atoms with Crippen LogP contribution in [0.2, 0.25) is 0 Å². The maximum atomic E-state index is 15.0. The Morgan fingerprint density at radius 1 is 1.04 bits per heavy atom. The zero-order valence-electron chi connectivity index (χ0n) is 14.9. The molecule has 9 heteroatoms. The molecule has 0 unspecified atom stereocenters. The van der Waals surface area contributed by atoms with Crippen molar-refractivity contribution in [2.24, 2.45) is 0 Å². The Labute approximate surface area is 159 Å². The lowest BCUT2D eigenvalue weighted by atomic mass is 10.1. The van der Waals surface area contributed by atoms with Crippen molar-refractivity contribution in [1.82, 2.24) is 24.8 Å². The van der Waals surface area contributed by atoms with Gasteiger partial charge in [0.05, 0.1) is 0 Å². The van der Waals surface area contributed by atoms with Gasteiger partial charge in [0.25, 0.3) is 11.5 Å². The molecule has 0 radical (unpaired) electrons. The number of rotatable bonds is 3. The van der Waals surface area contributed by atoms with E-state index in [9.17, 15) is 9.59 Å². The Bertz CT molecular complexity index is 1050. The molecule has 8 nitrogen and oxygen atoms in total. The predicted molar refractivity (Wildman–Crippen MR) is 100 cm³/mol. The molecule has 1 amide bonds. The number of piperazine rings is 1. The Balaban J connectivity index is 1.51. The number of nitrogens with one attached hydrogen (secondary N) is 1. The van der Waals surface area contributed by atoms with Crippen molar-refractivity contribution in [3.05, 3.63) is 70.9 Å². The van der Waals surface area contributed by atoms with Crippen LogP contribution in [0.15, 0.2) is 53.8 Å². The number of carbonyl (C=O) groups is 1. The van der Waals surface area contributed by atoms with Gasteiger partial charge in [0.1, 0.15) is 12.0 Å². The van der Waals surface area contributed by atoms with Crippen LogP contribution < -0.4 is 10.5 Å². The molecule has 28 heavy (non-hydrogen) atoms. The van der Waals surface area contributed by atoms with Crippen LogP contribution in [0, 0.1) is 5.82 Å². The molecule has 1 N–H and O–H groups in total. The van der Waals surface area contributed by atoms with Crippen LogP contribution in [0.3, 0.4) is 0 Å². The molecule has 142 valence electrons. The van der Waals surface area contributed by atoms with Gasteiger partial charge in [-0.2, -0.15) is 0 Å². The monoisotopic (exact) mass is 380 g/mol. The van der Waals surface area contributed by atoms with Gasteiger partial charge < -0.3 is 14.8 Å². The van der Waals surface area contributed by atoms with E-state index in [1.807, 2.05) is 18.2 Å². The average Bonchev–Trinajstić information content (AvgIpc) is 2.75. The summed E-state index contributed by atoms with van der Waals surface area (Å²) in [5.41, 5.74) is 0.246. The fourth-order valence-corrected chi connectivity index (χ4v) is 3.15. The van der Waals surface area contributed by atoms with E-state index in [2.05, 4.69) is 19.9 Å². The number of aromatic nitrogens is 4. The first-order valence-electron chi connectivity index (χ1n) is 8.79. The number of nitrogens with zero attached hydrogens (tertiary/aromatic N) is 5. The highest BCUT2D eigenvalue weighted by Crippen LogP contribution is 2.26. The van der Waals surface area contributed by atoms with Crippen LogP contribution >= 0.6 is 0 Å². The zero-order chi connectivity index (χ0) is 19.5. The Morgan fingerprint density at radius 3 is 2.50 bits per heavy atom. The minimum Gasteiger partial charge on any atom is -0.351 e. The second-order valence-corrected chi connectivity index (χ2v) is 6.27. The van der Waals surface area contributed by atoms with Crippen molar-refractivity contribution in [2.45, 2.75) is 0 Å². The van der Waals surface area contributed by atoms with Crippen molar-refractivity contribution in [3.63, 3.8) is 0 Å². The molecule has 1 fully saturated rings. The summed E-state index contributed by atoms with van der Waals surface area (Å²) in [6, 6.07) is 9.07. The van der Waals surface area contributed by atoms with Crippen LogP contribution in [0.1, 0.15) is 10.5 Å². The maximum Gasteiger partial charge on any atom is 0.279 e. The van der Waals surface area contributed by atoms with E-state index in [1.165, 1.54) is 23.6 Å². The molecule has 0 bridgehead atoms. The van der Waals surface area contributed by atoms with Gasteiger partial charge in [-0.05, 0) is 0 Å². The van der Waals surface area contributed by atoms with Crippen molar-refractivity contribution in [1.29, 1.82) is 0 Å². The Morgan fingerprint density at radius 2 is 1.79 bits per heavy atom. The molecule has 2 aromatic heterocycles. The van der Waals surface area contributed by atoms with E-state index in [-0.39, 0.29) is 17.2 Å². The fraction of sp³-hybridized carbons (Fsp3) is 0.211. The third-order valence-corrected chi connectivity index (χ3v) is 4.59. The summed E-state index contributed by atoms with van der Waals surface area (Å²) in [5.74, 6) is -0.721. The largest absolute Gasteiger partial charge is 0.351 e. The topological polar surface area (TPSA) is 95.1 Å². The summed E-state index contributed by atoms with van der Waals surface area (Å²) in [7, 11) is 0. The van der Waals surface area contributed by atoms with E-state index < -0.39 is 17.3 Å². The summed E-state index contributed by atoms with van der Waals surface area (Å²) >= 11 is 0. The maximum absolute atomic E-state index is 15.0. The molecule has 1 aromatic carbocycles. The minimum atomic E-state index is -0.524. The van der Waals surface area contributed by atoms with Gasteiger partial charge in [0.15, 0.2) is 17.3 Å². The van der Waals surface area contributed by atoms with Crippen LogP contribution in [-0.4, -0.2) is 56.9 Å². The molecular formula is C19H17FN6O2.